The molecule has 3 fully saturated rings. The van der Waals surface area contributed by atoms with E-state index in [1.807, 2.05) is 27.7 Å². The Morgan fingerprint density at radius 1 is 0.745 bits per heavy atom. The number of aliphatic hydroxyl groups is 3. The van der Waals surface area contributed by atoms with Gasteiger partial charge in [-0.2, -0.15) is 5.70 Å². The van der Waals surface area contributed by atoms with E-state index in [1.165, 1.54) is 36.3 Å². The second-order valence-electron chi connectivity index (χ2n) is 30.5. The number of hydrogen-bond acceptors (Lipinski definition) is 28. The number of rotatable bonds is 30. The Balaban J connectivity index is 0.000000692. The molecule has 8 bridgehead atoms. The number of nitrogens with one attached hydrogen (secondary N) is 1. The van der Waals surface area contributed by atoms with Gasteiger partial charge in [0.1, 0.15) is 42.0 Å². The molecule has 9 heterocycles. The van der Waals surface area contributed by atoms with Gasteiger partial charge in [0.2, 0.25) is 47.6 Å². The van der Waals surface area contributed by atoms with Gasteiger partial charge in [0, 0.05) is 125 Å². The number of benzene rings is 1. The van der Waals surface area contributed by atoms with Gasteiger partial charge >= 0.3 is 0 Å². The van der Waals surface area contributed by atoms with Crippen LogP contribution in [0.15, 0.2) is 86.2 Å². The van der Waals surface area contributed by atoms with E-state index in [-0.39, 0.29) is 99.0 Å². The number of nitrogens with two attached hydrogens (primary N) is 7. The Labute approximate surface area is 645 Å². The molecule has 0 saturated carbocycles. The molecule has 18 N–H and O–H groups in total. The van der Waals surface area contributed by atoms with Crippen molar-refractivity contribution >= 4 is 91.1 Å². The molecule has 10 rings (SSSR count). The number of primary amides is 6. The minimum Gasteiger partial charge on any atom is -0.790 e. The number of phosphoric acid groups is 2. The van der Waals surface area contributed by atoms with Crippen molar-refractivity contribution in [3.63, 3.8) is 0 Å². The number of anilines is 1. The molecule has 3 saturated heterocycles. The van der Waals surface area contributed by atoms with E-state index in [0.29, 0.717) is 56.5 Å². The van der Waals surface area contributed by atoms with Crippen molar-refractivity contribution in [1.82, 2.24) is 24.8 Å². The average molecular weight is 1620 g/mol. The van der Waals surface area contributed by atoms with Crippen molar-refractivity contribution in [2.75, 3.05) is 18.9 Å². The first-order valence-corrected chi connectivity index (χ1v) is 38.4. The third-order valence-electron chi connectivity index (χ3n) is 22.5. The van der Waals surface area contributed by atoms with Crippen molar-refractivity contribution in [3.8, 4) is 5.75 Å². The quantitative estimate of drug-likeness (QED) is 0.0321. The van der Waals surface area contributed by atoms with Crippen molar-refractivity contribution in [1.29, 1.82) is 0 Å². The molecule has 607 valence electrons. The number of aryl methyl sites for hydroxylation is 1. The Bertz CT molecular complexity index is 4360. The summed E-state index contributed by atoms with van der Waals surface area (Å²) in [4.78, 5) is 158. The van der Waals surface area contributed by atoms with Crippen LogP contribution in [0.5, 0.6) is 5.75 Å². The number of carbonyl (C=O) groups is 7. The maximum atomic E-state index is 14.3. The van der Waals surface area contributed by atoms with Crippen LogP contribution < -0.4 is 64.9 Å². The molecule has 40 heteroatoms. The van der Waals surface area contributed by atoms with E-state index in [9.17, 15) is 72.7 Å². The van der Waals surface area contributed by atoms with Crippen molar-refractivity contribution < 1.29 is 117 Å². The molecule has 1 unspecified atom stereocenters. The first-order chi connectivity index (χ1) is 50.7. The maximum absolute atomic E-state index is 14.3. The number of aliphatic hydroxyl groups excluding tert-OH is 3. The predicted molar refractivity (Wildman–Crippen MR) is 386 cm³/mol. The van der Waals surface area contributed by atoms with Crippen LogP contribution in [0.3, 0.4) is 0 Å². The standard InChI is InChI=1S/C60H89N11O18P2.C10H12N5O3.Co/c1-29-11-13-33(14-12-29)86-55-50(79)51(39(87-55)28-85-90(80,81)82)89-91(83,84)88-30(2)27-67-47(78)21-22-57(7)37(23-44(64)75)54-60(10)59(9,26-46(66)77)36(17-20-43(63)74)49(71-60)32(4)53-58(8,25-45(65)76)34(15-18-41(61)72)38(68-53)24-40-56(5,6)35(16-19-42(62)73)48(69-40)31(3)52(57)70-54;1-4-6(16)7(17)10(18-4)15-3-14-5-8(11)12-2-13-9(5)15;/h11-14,24,30,34-37,39,50-51,54-55,79H,15-23,25-28H2,1-10H3,(H17,61,62,63,64,65,66,67,68,69,70,71,72,73,74,75,76,77,78,80,81,82,83,84);2-4,6-7,10,16-17H,1H2,(H2,11,12,13);/q;-1;/p-4/t30-,34-,35-,36-,37+,39-,50-,51-,54-,55+,57-,58+,59+,60+;4-,6-,7-,10-;/m11./s1. The van der Waals surface area contributed by atoms with Crippen LogP contribution in [0.25, 0.3) is 16.5 Å². The Hall–Kier alpha value is -7.78. The first-order valence-electron chi connectivity index (χ1n) is 35.5. The summed E-state index contributed by atoms with van der Waals surface area (Å²) in [5.74, 6) is -7.32. The molecular formula is C70H97CoN16O21P2-5. The van der Waals surface area contributed by atoms with Crippen LogP contribution in [-0.2, 0) is 82.5 Å². The largest absolute Gasteiger partial charge is 0.790 e. The molecule has 7 aliphatic rings. The topological polar surface area (TPSA) is 628 Å². The third kappa shape index (κ3) is 18.5. The molecule has 19 atom stereocenters. The summed E-state index contributed by atoms with van der Waals surface area (Å²) >= 11 is 0. The number of aromatic nitrogens is 4. The molecule has 37 nitrogen and oxygen atoms in total. The van der Waals surface area contributed by atoms with Crippen LogP contribution in [0, 0.1) is 59.2 Å². The summed E-state index contributed by atoms with van der Waals surface area (Å²) in [5.41, 5.74) is 40.4. The SMILES string of the molecule is C/C1=C2/[N-][C@H]([C@H](CC(N)=O)[C@@]2(C)CCC(=O)NC[C@@H](C)OP(=O)([O-])O[C@H]2[C@@H](O)[C@@H](Oc3ccc(C)cc3)O[C@@H]2COP(=O)([O-])[O-])[C@]2(C)N=C(/C(C)=C3N=C(/C=C4N=C1[C@@H](CCC(N)=O)C\4(C)C)[C@@H](CCC(N)=O)[C@]\3(C)CC(N)=O)[C@@H](CCC(N)=O)[C@]2(C)CC(N)=O.[CH2-][C@H]1O[C@@H](n2cnc3c(N)ncnc32)[C@H](O)[C@@H]1O.[Co]. The maximum Gasteiger partial charge on any atom is 0.268 e. The Kier molecular flexibility index (Phi) is 27.0. The van der Waals surface area contributed by atoms with Crippen LogP contribution in [0.4, 0.5) is 5.82 Å². The number of imidazole rings is 1. The Morgan fingerprint density at radius 2 is 1.35 bits per heavy atom. The molecule has 7 amide bonds. The number of ether oxygens (including phenoxy) is 3. The normalized spacial score (nSPS) is 33.4. The predicted octanol–water partition coefficient (Wildman–Crippen LogP) is 0.576. The fourth-order valence-corrected chi connectivity index (χ4v) is 18.1. The minimum atomic E-state index is -5.64. The van der Waals surface area contributed by atoms with Crippen molar-refractivity contribution in [2.45, 2.75) is 207 Å². The average Bonchev–Trinajstić information content (AvgIpc) is 1.53. The van der Waals surface area contributed by atoms with E-state index < -0.39 is 182 Å². The summed E-state index contributed by atoms with van der Waals surface area (Å²) < 4.78 is 58.0. The molecule has 0 aliphatic carbocycles. The van der Waals surface area contributed by atoms with Crippen LogP contribution >= 0.6 is 15.6 Å². The van der Waals surface area contributed by atoms with Gasteiger partial charge in [-0.15, -0.1) is 0 Å². The van der Waals surface area contributed by atoms with E-state index >= 15 is 0 Å². The molecule has 0 spiro atoms. The summed E-state index contributed by atoms with van der Waals surface area (Å²) in [6.45, 7) is 19.8. The zero-order valence-corrected chi connectivity index (χ0v) is 65.4. The number of nitrogens with zero attached hydrogens (tertiary/aromatic N) is 8. The number of hydrogen-bond donors (Lipinski definition) is 11. The minimum absolute atomic E-state index is 0. The van der Waals surface area contributed by atoms with Gasteiger partial charge in [0.05, 0.1) is 44.2 Å². The molecule has 1 radical (unpaired) electrons. The smallest absolute Gasteiger partial charge is 0.268 e. The summed E-state index contributed by atoms with van der Waals surface area (Å²) in [5, 5.41) is 39.0. The van der Waals surface area contributed by atoms with E-state index in [4.69, 9.17) is 83.7 Å². The fourth-order valence-electron chi connectivity index (χ4n) is 16.6. The summed E-state index contributed by atoms with van der Waals surface area (Å²) in [7, 11) is -11.2. The van der Waals surface area contributed by atoms with Crippen molar-refractivity contribution in [3.05, 3.63) is 89.0 Å². The van der Waals surface area contributed by atoms with Crippen LogP contribution in [-0.4, -0.2) is 167 Å². The molecule has 1 aromatic carbocycles. The molecule has 110 heavy (non-hydrogen) atoms. The van der Waals surface area contributed by atoms with Gasteiger partial charge in [-0.25, -0.2) is 15.0 Å². The van der Waals surface area contributed by atoms with Gasteiger partial charge in [0.15, 0.2) is 17.7 Å². The van der Waals surface area contributed by atoms with E-state index in [1.54, 1.807) is 52.8 Å². The molecular weight excluding hydrogens is 1520 g/mol. The summed E-state index contributed by atoms with van der Waals surface area (Å²) in [6.07, 6.45) is -9.09. The number of fused-ring (bicyclic) bond motifs is 7. The number of phosphoric ester groups is 2. The van der Waals surface area contributed by atoms with Gasteiger partial charge in [-0.05, 0) is 107 Å². The number of carbonyl (C=O) groups excluding carboxylic acids is 7. The number of allylic oxidation sites excluding steroid dienone is 6. The van der Waals surface area contributed by atoms with Crippen LogP contribution in [0.2, 0.25) is 0 Å². The second-order valence-corrected chi connectivity index (χ2v) is 33.0. The summed E-state index contributed by atoms with van der Waals surface area (Å²) in [6, 6.07) is 5.32. The van der Waals surface area contributed by atoms with Crippen molar-refractivity contribution in [2.24, 2.45) is 94.7 Å². The van der Waals surface area contributed by atoms with E-state index in [2.05, 4.69) is 31.7 Å². The zero-order valence-electron chi connectivity index (χ0n) is 62.6. The molecule has 2 aromatic heterocycles. The van der Waals surface area contributed by atoms with Gasteiger partial charge in [-0.1, -0.05) is 58.4 Å². The second kappa shape index (κ2) is 33.9. The molecule has 7 aliphatic heterocycles. The monoisotopic (exact) mass is 1620 g/mol. The molecule has 3 aromatic rings. The number of nitrogen functional groups attached to an aromatic ring is 1. The first kappa shape index (κ1) is 87.8. The van der Waals surface area contributed by atoms with Gasteiger partial charge in [-0.3, -0.25) is 57.7 Å². The zero-order chi connectivity index (χ0) is 80.7. The van der Waals surface area contributed by atoms with Gasteiger partial charge in [0.25, 0.3) is 7.82 Å². The number of aliphatic imine (C=N–C) groups is 3. The van der Waals surface area contributed by atoms with E-state index in [0.717, 1.165) is 5.56 Å². The van der Waals surface area contributed by atoms with Crippen LogP contribution in [0.1, 0.15) is 145 Å². The van der Waals surface area contributed by atoms with Gasteiger partial charge < -0.3 is 120 Å². The third-order valence-corrected chi connectivity index (χ3v) is 24.1. The Morgan fingerprint density at radius 3 is 1.93 bits per heavy atom. The fraction of sp³-hybridized carbons (Fsp3) is 0.600. The number of amides is 7.